The summed E-state index contributed by atoms with van der Waals surface area (Å²) >= 11 is 0. The molecule has 0 bridgehead atoms. The predicted molar refractivity (Wildman–Crippen MR) is 82.1 cm³/mol. The van der Waals surface area contributed by atoms with Crippen LogP contribution in [0.15, 0.2) is 18.3 Å². The molecule has 112 valence electrons. The van der Waals surface area contributed by atoms with E-state index in [1.54, 1.807) is 7.11 Å². The van der Waals surface area contributed by atoms with Gasteiger partial charge in [-0.2, -0.15) is 0 Å². The van der Waals surface area contributed by atoms with Crippen LogP contribution >= 0.6 is 0 Å². The van der Waals surface area contributed by atoms with E-state index < -0.39 is 0 Å². The van der Waals surface area contributed by atoms with Crippen LogP contribution < -0.4 is 10.1 Å². The van der Waals surface area contributed by atoms with E-state index >= 15 is 0 Å². The number of nitrogens with one attached hydrogen (secondary N) is 1. The van der Waals surface area contributed by atoms with E-state index in [1.165, 1.54) is 25.9 Å². The Morgan fingerprint density at radius 2 is 2.10 bits per heavy atom. The first-order valence-electron chi connectivity index (χ1n) is 7.58. The summed E-state index contributed by atoms with van der Waals surface area (Å²) in [5.74, 6) is 0.866. The smallest absolute Gasteiger partial charge is 0.142 e. The van der Waals surface area contributed by atoms with Gasteiger partial charge in [-0.05, 0) is 58.5 Å². The number of ether oxygens (including phenoxy) is 1. The molecule has 0 spiro atoms. The third-order valence-corrected chi connectivity index (χ3v) is 4.33. The Labute approximate surface area is 122 Å². The first kappa shape index (κ1) is 15.3. The third kappa shape index (κ3) is 2.96. The lowest BCUT2D eigenvalue weighted by molar-refractivity contribution is 0.104. The van der Waals surface area contributed by atoms with Crippen LogP contribution in [-0.4, -0.2) is 42.2 Å². The zero-order chi connectivity index (χ0) is 14.6. The Morgan fingerprint density at radius 1 is 1.40 bits per heavy atom. The molecule has 1 aliphatic rings. The molecular weight excluding hydrogens is 250 g/mol. The molecule has 1 fully saturated rings. The van der Waals surface area contributed by atoms with Crippen molar-refractivity contribution in [3.8, 4) is 5.75 Å². The van der Waals surface area contributed by atoms with E-state index in [9.17, 15) is 0 Å². The molecule has 4 nitrogen and oxygen atoms in total. The number of rotatable bonds is 6. The number of hydrogen-bond acceptors (Lipinski definition) is 4. The first-order valence-corrected chi connectivity index (χ1v) is 7.58. The Hall–Kier alpha value is -1.13. The van der Waals surface area contributed by atoms with E-state index in [0.29, 0.717) is 0 Å². The number of likely N-dealkylation sites (N-methyl/N-ethyl adjacent to an activating group) is 1. The van der Waals surface area contributed by atoms with Gasteiger partial charge < -0.3 is 10.1 Å². The fourth-order valence-corrected chi connectivity index (χ4v) is 3.15. The summed E-state index contributed by atoms with van der Waals surface area (Å²) < 4.78 is 5.51. The molecule has 1 aromatic heterocycles. The van der Waals surface area contributed by atoms with Crippen LogP contribution in [0.25, 0.3) is 0 Å². The standard InChI is InChI=1S/C16H27N3O/c1-5-17-15(14-13(20-4)9-8-10-18-14)16(2,3)19-11-6-7-12-19/h8-10,15,17H,5-7,11-12H2,1-4H3. The second-order valence-electron chi connectivity index (χ2n) is 5.93. The van der Waals surface area contributed by atoms with Gasteiger partial charge in [-0.1, -0.05) is 6.92 Å². The van der Waals surface area contributed by atoms with Crippen LogP contribution in [0, 0.1) is 0 Å². The number of hydrogen-bond donors (Lipinski definition) is 1. The maximum absolute atomic E-state index is 5.51. The summed E-state index contributed by atoms with van der Waals surface area (Å²) in [6, 6.07) is 4.09. The molecule has 1 aliphatic heterocycles. The molecular formula is C16H27N3O. The zero-order valence-corrected chi connectivity index (χ0v) is 13.1. The monoisotopic (exact) mass is 277 g/mol. The van der Waals surface area contributed by atoms with Crippen molar-refractivity contribution in [3.63, 3.8) is 0 Å². The minimum Gasteiger partial charge on any atom is -0.495 e. The van der Waals surface area contributed by atoms with Crippen LogP contribution in [0.2, 0.25) is 0 Å². The van der Waals surface area contributed by atoms with Gasteiger partial charge in [0, 0.05) is 11.7 Å². The van der Waals surface area contributed by atoms with Crippen LogP contribution in [0.3, 0.4) is 0 Å². The molecule has 20 heavy (non-hydrogen) atoms. The van der Waals surface area contributed by atoms with Gasteiger partial charge in [-0.3, -0.25) is 9.88 Å². The van der Waals surface area contributed by atoms with E-state index in [0.717, 1.165) is 18.0 Å². The average molecular weight is 277 g/mol. The molecule has 0 saturated carbocycles. The lowest BCUT2D eigenvalue weighted by Crippen LogP contribution is -2.51. The Balaban J connectivity index is 2.34. The van der Waals surface area contributed by atoms with Crippen molar-refractivity contribution in [1.29, 1.82) is 0 Å². The molecule has 1 atom stereocenters. The number of methoxy groups -OCH3 is 1. The maximum Gasteiger partial charge on any atom is 0.142 e. The minimum atomic E-state index is 0.0220. The second-order valence-corrected chi connectivity index (χ2v) is 5.93. The molecule has 4 heteroatoms. The normalized spacial score (nSPS) is 18.2. The van der Waals surface area contributed by atoms with Crippen molar-refractivity contribution in [2.75, 3.05) is 26.7 Å². The number of nitrogens with zero attached hydrogens (tertiary/aromatic N) is 2. The van der Waals surface area contributed by atoms with Gasteiger partial charge in [0.2, 0.25) is 0 Å². The molecule has 0 radical (unpaired) electrons. The number of pyridine rings is 1. The lowest BCUT2D eigenvalue weighted by Gasteiger charge is -2.42. The SMILES string of the molecule is CCNC(c1ncccc1OC)C(C)(C)N1CCCC1. The highest BCUT2D eigenvalue weighted by Crippen LogP contribution is 2.36. The van der Waals surface area contributed by atoms with E-state index in [4.69, 9.17) is 4.74 Å². The van der Waals surface area contributed by atoms with Gasteiger partial charge in [0.25, 0.3) is 0 Å². The van der Waals surface area contributed by atoms with Crippen LogP contribution in [0.4, 0.5) is 0 Å². The molecule has 0 aliphatic carbocycles. The Bertz CT molecular complexity index is 427. The van der Waals surface area contributed by atoms with Gasteiger partial charge >= 0.3 is 0 Å². The number of likely N-dealkylation sites (tertiary alicyclic amines) is 1. The van der Waals surface area contributed by atoms with Gasteiger partial charge in [-0.15, -0.1) is 0 Å². The highest BCUT2D eigenvalue weighted by Gasteiger charge is 2.39. The summed E-state index contributed by atoms with van der Waals surface area (Å²) in [6.45, 7) is 10.0. The molecule has 1 saturated heterocycles. The fraction of sp³-hybridized carbons (Fsp3) is 0.688. The van der Waals surface area contributed by atoms with E-state index in [1.807, 2.05) is 18.3 Å². The highest BCUT2D eigenvalue weighted by atomic mass is 16.5. The number of aromatic nitrogens is 1. The lowest BCUT2D eigenvalue weighted by atomic mass is 9.89. The van der Waals surface area contributed by atoms with Gasteiger partial charge in [0.05, 0.1) is 13.2 Å². The van der Waals surface area contributed by atoms with Crippen molar-refractivity contribution in [2.24, 2.45) is 0 Å². The molecule has 2 rings (SSSR count). The van der Waals surface area contributed by atoms with Gasteiger partial charge in [0.1, 0.15) is 11.4 Å². The van der Waals surface area contributed by atoms with Crippen molar-refractivity contribution in [3.05, 3.63) is 24.0 Å². The zero-order valence-electron chi connectivity index (χ0n) is 13.1. The summed E-state index contributed by atoms with van der Waals surface area (Å²) in [6.07, 6.45) is 4.44. The fourth-order valence-electron chi connectivity index (χ4n) is 3.15. The minimum absolute atomic E-state index is 0.0220. The van der Waals surface area contributed by atoms with E-state index in [2.05, 4.69) is 36.0 Å². The van der Waals surface area contributed by atoms with Crippen molar-refractivity contribution < 1.29 is 4.74 Å². The average Bonchev–Trinajstić information content (AvgIpc) is 2.99. The summed E-state index contributed by atoms with van der Waals surface area (Å²) in [4.78, 5) is 7.16. The maximum atomic E-state index is 5.51. The quantitative estimate of drug-likeness (QED) is 0.867. The highest BCUT2D eigenvalue weighted by molar-refractivity contribution is 5.31. The third-order valence-electron chi connectivity index (χ3n) is 4.33. The summed E-state index contributed by atoms with van der Waals surface area (Å²) in [5.41, 5.74) is 1.03. The van der Waals surface area contributed by atoms with Crippen molar-refractivity contribution >= 4 is 0 Å². The predicted octanol–water partition coefficient (Wildman–Crippen LogP) is 2.62. The second kappa shape index (κ2) is 6.55. The molecule has 1 N–H and O–H groups in total. The molecule has 2 heterocycles. The van der Waals surface area contributed by atoms with Gasteiger partial charge in [0.15, 0.2) is 0 Å². The van der Waals surface area contributed by atoms with Crippen LogP contribution in [0.5, 0.6) is 5.75 Å². The molecule has 1 unspecified atom stereocenters. The topological polar surface area (TPSA) is 37.4 Å². The summed E-state index contributed by atoms with van der Waals surface area (Å²) in [5, 5.41) is 3.61. The molecule has 0 amide bonds. The summed E-state index contributed by atoms with van der Waals surface area (Å²) in [7, 11) is 1.71. The Morgan fingerprint density at radius 3 is 2.70 bits per heavy atom. The van der Waals surface area contributed by atoms with Crippen molar-refractivity contribution in [1.82, 2.24) is 15.2 Å². The van der Waals surface area contributed by atoms with Gasteiger partial charge in [-0.25, -0.2) is 0 Å². The Kier molecular flexibility index (Phi) is 5.00. The van der Waals surface area contributed by atoms with Crippen LogP contribution in [0.1, 0.15) is 45.3 Å². The molecule has 0 aromatic carbocycles. The van der Waals surface area contributed by atoms with E-state index in [-0.39, 0.29) is 11.6 Å². The molecule has 1 aromatic rings. The first-order chi connectivity index (χ1) is 9.61. The van der Waals surface area contributed by atoms with Crippen LogP contribution in [-0.2, 0) is 0 Å². The largest absolute Gasteiger partial charge is 0.495 e. The van der Waals surface area contributed by atoms with Crippen molar-refractivity contribution in [2.45, 2.75) is 45.2 Å².